The van der Waals surface area contributed by atoms with Crippen molar-refractivity contribution in [1.29, 1.82) is 0 Å². The van der Waals surface area contributed by atoms with Crippen LogP contribution < -0.4 is 0 Å². The minimum Gasteiger partial charge on any atom is -0.299 e. The second-order valence-corrected chi connectivity index (χ2v) is 6.69. The molecule has 0 radical (unpaired) electrons. The van der Waals surface area contributed by atoms with E-state index in [1.807, 2.05) is 4.58 Å². The van der Waals surface area contributed by atoms with Crippen molar-refractivity contribution >= 4 is 38.4 Å². The fourth-order valence-electron chi connectivity index (χ4n) is 3.22. The van der Waals surface area contributed by atoms with Crippen LogP contribution in [0.4, 0.5) is 4.79 Å². The van der Waals surface area contributed by atoms with Gasteiger partial charge in [-0.25, -0.2) is 9.37 Å². The van der Waals surface area contributed by atoms with E-state index < -0.39 is 6.04 Å². The first-order chi connectivity index (χ1) is 10.5. The van der Waals surface area contributed by atoms with E-state index in [0.29, 0.717) is 10.6 Å². The third-order valence-electron chi connectivity index (χ3n) is 4.59. The molecule has 0 bridgehead atoms. The fraction of sp³-hybridized carbons (Fsp3) is 0.714. The summed E-state index contributed by atoms with van der Waals surface area (Å²) in [5, 5.41) is 0. The number of carbonyl (C=O) groups excluding carboxylic acids is 2. The maximum atomic E-state index is 12.5. The van der Waals surface area contributed by atoms with Crippen LogP contribution in [-0.2, 0) is 4.79 Å². The van der Waals surface area contributed by atoms with E-state index in [-0.39, 0.29) is 11.9 Å². The highest BCUT2D eigenvalue weighted by Gasteiger charge is 2.52. The topological polar surface area (TPSA) is 59.2 Å². The van der Waals surface area contributed by atoms with Crippen LogP contribution in [0.5, 0.6) is 0 Å². The average Bonchev–Trinajstić information content (AvgIpc) is 2.86. The lowest BCUT2D eigenvalue weighted by atomic mass is 10.1. The van der Waals surface area contributed by atoms with Crippen molar-refractivity contribution in [2.45, 2.75) is 25.3 Å². The number of likely N-dealkylation sites (tertiary alicyclic amines) is 1. The molecule has 3 aliphatic heterocycles. The Hall–Kier alpha value is -1.28. The molecule has 0 aromatic heterocycles. The molecule has 120 valence electrons. The van der Waals surface area contributed by atoms with Gasteiger partial charge in [-0.3, -0.25) is 19.5 Å². The summed E-state index contributed by atoms with van der Waals surface area (Å²) < 4.78 is 2.58. The number of hydrogen-bond donors (Lipinski definition) is 0. The van der Waals surface area contributed by atoms with Crippen LogP contribution in [0.25, 0.3) is 0 Å². The molecule has 0 aromatic rings. The maximum Gasteiger partial charge on any atom is 0.364 e. The smallest absolute Gasteiger partial charge is 0.299 e. The molecule has 1 unspecified atom stereocenters. The molecule has 0 saturated carbocycles. The Morgan fingerprint density at radius 2 is 1.86 bits per heavy atom. The lowest BCUT2D eigenvalue weighted by molar-refractivity contribution is -0.532. The van der Waals surface area contributed by atoms with Crippen LogP contribution in [0.2, 0.25) is 0 Å². The summed E-state index contributed by atoms with van der Waals surface area (Å²) in [6, 6.07) is -0.829. The van der Waals surface area contributed by atoms with Gasteiger partial charge in [0, 0.05) is 20.6 Å². The van der Waals surface area contributed by atoms with Crippen molar-refractivity contribution in [3.05, 3.63) is 0 Å². The van der Waals surface area contributed by atoms with Gasteiger partial charge in [-0.05, 0) is 30.9 Å². The number of amidine groups is 2. The highest BCUT2D eigenvalue weighted by Crippen LogP contribution is 2.20. The number of likely N-dealkylation sites (N-methyl/N-ethyl adjacent to an activating group) is 2. The molecule has 3 heterocycles. The summed E-state index contributed by atoms with van der Waals surface area (Å²) in [6.07, 6.45) is 3.80. The Balaban J connectivity index is 1.74. The first-order valence-electron chi connectivity index (χ1n) is 7.66. The number of fused-ring (bicyclic) bond motifs is 1. The number of piperidine rings is 1. The summed E-state index contributed by atoms with van der Waals surface area (Å²) >= 11 is 3.44. The minimum absolute atomic E-state index is 0.213. The Morgan fingerprint density at radius 1 is 1.18 bits per heavy atom. The van der Waals surface area contributed by atoms with Crippen molar-refractivity contribution in [1.82, 2.24) is 14.7 Å². The van der Waals surface area contributed by atoms with E-state index in [1.54, 1.807) is 7.05 Å². The standard InChI is InChI=1S/C14H21BrN5O2/c1-17-11-10(12(21)18(2)14(17)22)20(13(15)16-11)9-8-19-6-4-3-5-7-19/h10H,3-9H2,1-2H3/q+1. The normalized spacial score (nSPS) is 26.7. The van der Waals surface area contributed by atoms with Crippen LogP contribution in [0.1, 0.15) is 19.3 Å². The van der Waals surface area contributed by atoms with Gasteiger partial charge in [0.05, 0.1) is 15.9 Å². The van der Waals surface area contributed by atoms with Crippen molar-refractivity contribution in [3.8, 4) is 0 Å². The van der Waals surface area contributed by atoms with Crippen molar-refractivity contribution < 1.29 is 14.2 Å². The third kappa shape index (κ3) is 2.58. The number of halogens is 1. The Labute approximate surface area is 138 Å². The highest BCUT2D eigenvalue weighted by atomic mass is 79.9. The predicted molar refractivity (Wildman–Crippen MR) is 86.5 cm³/mol. The number of rotatable bonds is 3. The van der Waals surface area contributed by atoms with Gasteiger partial charge in [0.15, 0.2) is 0 Å². The maximum absolute atomic E-state index is 12.5. The number of imide groups is 1. The van der Waals surface area contributed by atoms with E-state index in [0.717, 1.165) is 26.2 Å². The molecule has 3 amide bonds. The molecule has 3 rings (SSSR count). The Bertz CT molecular complexity index is 568. The monoisotopic (exact) mass is 370 g/mol. The summed E-state index contributed by atoms with van der Waals surface area (Å²) in [7, 11) is 3.18. The van der Waals surface area contributed by atoms with Crippen LogP contribution >= 0.6 is 15.9 Å². The molecule has 8 heteroatoms. The lowest BCUT2D eigenvalue weighted by Gasteiger charge is -2.31. The fourth-order valence-corrected chi connectivity index (χ4v) is 3.79. The van der Waals surface area contributed by atoms with Gasteiger partial charge in [-0.2, -0.15) is 0 Å². The minimum atomic E-state index is -0.494. The highest BCUT2D eigenvalue weighted by molar-refractivity contribution is 9.18. The molecule has 2 saturated heterocycles. The van der Waals surface area contributed by atoms with Crippen molar-refractivity contribution in [2.75, 3.05) is 40.3 Å². The molecule has 0 N–H and O–H groups in total. The van der Waals surface area contributed by atoms with Gasteiger partial charge < -0.3 is 0 Å². The van der Waals surface area contributed by atoms with Gasteiger partial charge >= 0.3 is 10.8 Å². The number of carbonyl (C=O) groups is 2. The molecular formula is C14H21BrN5O2+. The molecule has 0 spiro atoms. The first kappa shape index (κ1) is 15.6. The lowest BCUT2D eigenvalue weighted by Crippen LogP contribution is -2.61. The molecule has 2 fully saturated rings. The van der Waals surface area contributed by atoms with Gasteiger partial charge in [-0.15, -0.1) is 0 Å². The summed E-state index contributed by atoms with van der Waals surface area (Å²) in [5.74, 6) is 0.300. The molecule has 22 heavy (non-hydrogen) atoms. The van der Waals surface area contributed by atoms with E-state index in [2.05, 4.69) is 25.8 Å². The number of aliphatic imine (C=N–C) groups is 1. The van der Waals surface area contributed by atoms with Crippen LogP contribution in [-0.4, -0.2) is 88.1 Å². The summed E-state index contributed by atoms with van der Waals surface area (Å²) in [6.45, 7) is 3.87. The van der Waals surface area contributed by atoms with Crippen molar-refractivity contribution in [3.63, 3.8) is 0 Å². The van der Waals surface area contributed by atoms with Crippen LogP contribution in [0.15, 0.2) is 4.99 Å². The largest absolute Gasteiger partial charge is 0.364 e. The third-order valence-corrected chi connectivity index (χ3v) is 5.22. The Morgan fingerprint density at radius 3 is 2.55 bits per heavy atom. The van der Waals surface area contributed by atoms with Crippen LogP contribution in [0, 0.1) is 0 Å². The number of urea groups is 1. The molecule has 1 atom stereocenters. The zero-order chi connectivity index (χ0) is 15.9. The van der Waals surface area contributed by atoms with Crippen molar-refractivity contribution in [2.24, 2.45) is 4.99 Å². The molecule has 7 nitrogen and oxygen atoms in total. The van der Waals surface area contributed by atoms with Gasteiger partial charge in [-0.1, -0.05) is 6.42 Å². The quantitative estimate of drug-likeness (QED) is 0.538. The van der Waals surface area contributed by atoms with Crippen LogP contribution in [0.3, 0.4) is 0 Å². The predicted octanol–water partition coefficient (Wildman–Crippen LogP) is 0.540. The zero-order valence-electron chi connectivity index (χ0n) is 13.0. The first-order valence-corrected chi connectivity index (χ1v) is 8.45. The van der Waals surface area contributed by atoms with E-state index in [1.165, 1.54) is 36.1 Å². The van der Waals surface area contributed by atoms with Gasteiger partial charge in [0.1, 0.15) is 6.54 Å². The molecule has 3 aliphatic rings. The summed E-state index contributed by atoms with van der Waals surface area (Å²) in [4.78, 5) is 33.9. The average molecular weight is 371 g/mol. The molecular weight excluding hydrogens is 350 g/mol. The SMILES string of the molecule is CN1C(=O)C2C(=NC(Br)=[N+]2CCN2CCCCC2)N(C)C1=O. The van der Waals surface area contributed by atoms with Gasteiger partial charge in [0.25, 0.3) is 17.8 Å². The van der Waals surface area contributed by atoms with E-state index in [4.69, 9.17) is 0 Å². The second-order valence-electron chi connectivity index (χ2n) is 5.98. The zero-order valence-corrected chi connectivity index (χ0v) is 14.5. The summed E-state index contributed by atoms with van der Waals surface area (Å²) in [5.41, 5.74) is 0. The van der Waals surface area contributed by atoms with E-state index in [9.17, 15) is 9.59 Å². The van der Waals surface area contributed by atoms with Gasteiger partial charge in [0.2, 0.25) is 0 Å². The molecule has 0 aromatic carbocycles. The second kappa shape index (κ2) is 6.08. The molecule has 0 aliphatic carbocycles. The Kier molecular flexibility index (Phi) is 4.31. The number of hydrogen-bond acceptors (Lipinski definition) is 4. The van der Waals surface area contributed by atoms with E-state index >= 15 is 0 Å². The number of nitrogens with zero attached hydrogens (tertiary/aromatic N) is 5. The number of amides is 3.